The summed E-state index contributed by atoms with van der Waals surface area (Å²) in [5.74, 6) is 0. The maximum absolute atomic E-state index is 5.18. The van der Waals surface area contributed by atoms with Crippen molar-refractivity contribution in [1.82, 2.24) is 0 Å². The van der Waals surface area contributed by atoms with Crippen molar-refractivity contribution in [2.24, 2.45) is 0 Å². The Labute approximate surface area is 57.2 Å². The van der Waals surface area contributed by atoms with Crippen LogP contribution in [-0.2, 0) is 9.47 Å². The molecule has 0 radical (unpaired) electrons. The van der Waals surface area contributed by atoms with Gasteiger partial charge in [-0.25, -0.2) is 0 Å². The molecule has 0 aliphatic carbocycles. The van der Waals surface area contributed by atoms with Crippen LogP contribution in [0.15, 0.2) is 0 Å². The minimum atomic E-state index is 0. The summed E-state index contributed by atoms with van der Waals surface area (Å²) in [4.78, 5) is 0. The highest BCUT2D eigenvalue weighted by atomic mass is 16.6. The molecule has 0 aromatic heterocycles. The lowest BCUT2D eigenvalue weighted by molar-refractivity contribution is 0.117. The van der Waals surface area contributed by atoms with Crippen molar-refractivity contribution in [3.63, 3.8) is 0 Å². The normalized spacial score (nSPS) is 23.0. The van der Waals surface area contributed by atoms with E-state index in [0.29, 0.717) is 6.10 Å². The van der Waals surface area contributed by atoms with Crippen molar-refractivity contribution >= 4 is 0 Å². The van der Waals surface area contributed by atoms with Crippen LogP contribution in [0, 0.1) is 0 Å². The van der Waals surface area contributed by atoms with Gasteiger partial charge in [-0.2, -0.15) is 0 Å². The van der Waals surface area contributed by atoms with Gasteiger partial charge < -0.3 is 9.47 Å². The first-order valence-electron chi connectivity index (χ1n) is 3.13. The summed E-state index contributed by atoms with van der Waals surface area (Å²) < 4.78 is 10.1. The summed E-state index contributed by atoms with van der Waals surface area (Å²) in [6.45, 7) is 4.69. The maximum Gasteiger partial charge on any atom is 0.104 e. The number of epoxide rings is 1. The predicted octanol–water partition coefficient (Wildman–Crippen LogP) is 1.45. The molecule has 1 fully saturated rings. The minimum Gasteiger partial charge on any atom is -0.379 e. The average Bonchev–Trinajstić information content (AvgIpc) is 2.51. The molecule has 2 heteroatoms. The Morgan fingerprint density at radius 2 is 2.33 bits per heavy atom. The van der Waals surface area contributed by atoms with Crippen LogP contribution in [0.25, 0.3) is 0 Å². The molecule has 1 saturated heterocycles. The van der Waals surface area contributed by atoms with Crippen molar-refractivity contribution in [1.29, 1.82) is 0 Å². The summed E-state index contributed by atoms with van der Waals surface area (Å²) in [5.41, 5.74) is 0. The fraction of sp³-hybridized carbons (Fsp3) is 1.00. The van der Waals surface area contributed by atoms with E-state index in [1.807, 2.05) is 0 Å². The molecule has 1 heterocycles. The van der Waals surface area contributed by atoms with Gasteiger partial charge in [0.2, 0.25) is 0 Å². The first-order chi connectivity index (χ1) is 3.93. The fourth-order valence-corrected chi connectivity index (χ4v) is 0.523. The molecule has 0 aromatic carbocycles. The lowest BCUT2D eigenvalue weighted by atomic mass is 10.5. The quantitative estimate of drug-likeness (QED) is 0.426. The van der Waals surface area contributed by atoms with Crippen LogP contribution in [0.1, 0.15) is 20.8 Å². The molecule has 1 aliphatic heterocycles. The smallest absolute Gasteiger partial charge is 0.104 e. The Hall–Kier alpha value is -0.0800. The molecule has 1 atom stereocenters. The molecule has 2 nitrogen and oxygen atoms in total. The second-order valence-electron chi connectivity index (χ2n) is 2.03. The number of rotatable bonds is 4. The first-order valence-corrected chi connectivity index (χ1v) is 3.13. The Balaban J connectivity index is 0.000000640. The van der Waals surface area contributed by atoms with Gasteiger partial charge in [-0.3, -0.25) is 0 Å². The van der Waals surface area contributed by atoms with E-state index in [-0.39, 0.29) is 7.43 Å². The van der Waals surface area contributed by atoms with Gasteiger partial charge in [0.15, 0.2) is 0 Å². The van der Waals surface area contributed by atoms with Crippen LogP contribution >= 0.6 is 0 Å². The molecular formula is C7H16O2. The highest BCUT2D eigenvalue weighted by Gasteiger charge is 2.21. The van der Waals surface area contributed by atoms with Gasteiger partial charge in [-0.05, 0) is 6.42 Å². The predicted molar refractivity (Wildman–Crippen MR) is 37.6 cm³/mol. The van der Waals surface area contributed by atoms with Gasteiger partial charge in [0.1, 0.15) is 6.10 Å². The summed E-state index contributed by atoms with van der Waals surface area (Å²) >= 11 is 0. The van der Waals surface area contributed by atoms with Gasteiger partial charge >= 0.3 is 0 Å². The largest absolute Gasteiger partial charge is 0.379 e. The van der Waals surface area contributed by atoms with Crippen LogP contribution < -0.4 is 0 Å². The molecule has 1 aliphatic rings. The molecule has 0 bridgehead atoms. The zero-order valence-corrected chi connectivity index (χ0v) is 5.22. The van der Waals surface area contributed by atoms with Crippen LogP contribution in [-0.4, -0.2) is 25.9 Å². The van der Waals surface area contributed by atoms with E-state index in [1.165, 1.54) is 0 Å². The second kappa shape index (κ2) is 4.77. The van der Waals surface area contributed by atoms with E-state index in [0.717, 1.165) is 26.2 Å². The van der Waals surface area contributed by atoms with Crippen molar-refractivity contribution in [2.45, 2.75) is 26.9 Å². The lowest BCUT2D eigenvalue weighted by Crippen LogP contribution is -2.01. The summed E-state index contributed by atoms with van der Waals surface area (Å²) in [5, 5.41) is 0. The summed E-state index contributed by atoms with van der Waals surface area (Å²) in [6.07, 6.45) is 1.54. The van der Waals surface area contributed by atoms with Crippen molar-refractivity contribution in [2.75, 3.05) is 19.8 Å². The van der Waals surface area contributed by atoms with E-state index >= 15 is 0 Å². The Morgan fingerprint density at radius 3 is 2.78 bits per heavy atom. The molecule has 1 rings (SSSR count). The fourth-order valence-electron chi connectivity index (χ4n) is 0.523. The molecule has 9 heavy (non-hydrogen) atoms. The van der Waals surface area contributed by atoms with Gasteiger partial charge in [0.25, 0.3) is 0 Å². The molecule has 0 spiro atoms. The molecule has 1 unspecified atom stereocenters. The zero-order valence-electron chi connectivity index (χ0n) is 5.22. The zero-order chi connectivity index (χ0) is 5.82. The number of hydrogen-bond donors (Lipinski definition) is 0. The topological polar surface area (TPSA) is 21.8 Å². The summed E-state index contributed by atoms with van der Waals surface area (Å²) in [6, 6.07) is 0. The lowest BCUT2D eigenvalue weighted by Gasteiger charge is -1.95. The molecule has 56 valence electrons. The molecule has 0 saturated carbocycles. The van der Waals surface area contributed by atoms with Crippen molar-refractivity contribution in [3.05, 3.63) is 0 Å². The minimum absolute atomic E-state index is 0. The third-order valence-corrected chi connectivity index (χ3v) is 1.05. The van der Waals surface area contributed by atoms with Gasteiger partial charge in [-0.1, -0.05) is 14.4 Å². The van der Waals surface area contributed by atoms with Crippen LogP contribution in [0.2, 0.25) is 0 Å². The SMILES string of the molecule is C.CCCOCC1CO1. The standard InChI is InChI=1S/C6H12O2.CH4/c1-2-3-7-4-6-5-8-6;/h6H,2-5H2,1H3;1H4. The van der Waals surface area contributed by atoms with E-state index < -0.39 is 0 Å². The number of hydrogen-bond acceptors (Lipinski definition) is 2. The van der Waals surface area contributed by atoms with Crippen LogP contribution in [0.5, 0.6) is 0 Å². The highest BCUT2D eigenvalue weighted by Crippen LogP contribution is 2.08. The van der Waals surface area contributed by atoms with Gasteiger partial charge in [-0.15, -0.1) is 0 Å². The Kier molecular flexibility index (Phi) is 4.72. The first kappa shape index (κ1) is 8.92. The molecular weight excluding hydrogens is 116 g/mol. The van der Waals surface area contributed by atoms with Crippen molar-refractivity contribution in [3.8, 4) is 0 Å². The third-order valence-electron chi connectivity index (χ3n) is 1.05. The third kappa shape index (κ3) is 4.43. The maximum atomic E-state index is 5.18. The molecule has 0 aromatic rings. The average molecular weight is 132 g/mol. The Morgan fingerprint density at radius 1 is 1.67 bits per heavy atom. The van der Waals surface area contributed by atoms with E-state index in [9.17, 15) is 0 Å². The van der Waals surface area contributed by atoms with E-state index in [4.69, 9.17) is 9.47 Å². The van der Waals surface area contributed by atoms with Crippen LogP contribution in [0.3, 0.4) is 0 Å². The van der Waals surface area contributed by atoms with E-state index in [2.05, 4.69) is 6.92 Å². The second-order valence-corrected chi connectivity index (χ2v) is 2.03. The van der Waals surface area contributed by atoms with Crippen LogP contribution in [0.4, 0.5) is 0 Å². The molecule has 0 amide bonds. The number of ether oxygens (including phenoxy) is 2. The van der Waals surface area contributed by atoms with Gasteiger partial charge in [0, 0.05) is 6.61 Å². The monoisotopic (exact) mass is 132 g/mol. The van der Waals surface area contributed by atoms with Crippen molar-refractivity contribution < 1.29 is 9.47 Å². The van der Waals surface area contributed by atoms with Gasteiger partial charge in [0.05, 0.1) is 13.2 Å². The molecule has 0 N–H and O–H groups in total. The summed E-state index contributed by atoms with van der Waals surface area (Å²) in [7, 11) is 0. The van der Waals surface area contributed by atoms with E-state index in [1.54, 1.807) is 0 Å². The Bertz CT molecular complexity index is 59.9. The highest BCUT2D eigenvalue weighted by molar-refractivity contribution is 4.66.